The SMILES string of the molecule is C[Si](Cl)(Cl)CCCn1ccnc1.Cl. The molecule has 6 heteroatoms. The maximum absolute atomic E-state index is 5.95. The standard InChI is InChI=1S/C7H12Cl2N2Si.ClH/c1-12(8,9)6-2-4-11-5-3-10-7-11;/h3,5,7H,2,4,6H2,1H3;1H. The fraction of sp³-hybridized carbons (Fsp3) is 0.571. The number of nitrogens with zero attached hydrogens (tertiary/aromatic N) is 2. The minimum absolute atomic E-state index is 0. The van der Waals surface area contributed by atoms with Gasteiger partial charge in [0.15, 0.2) is 0 Å². The van der Waals surface area contributed by atoms with Crippen LogP contribution in [0.25, 0.3) is 0 Å². The van der Waals surface area contributed by atoms with Crippen LogP contribution >= 0.6 is 34.6 Å². The summed E-state index contributed by atoms with van der Waals surface area (Å²) < 4.78 is 2.04. The number of hydrogen-bond donors (Lipinski definition) is 0. The fourth-order valence-corrected chi connectivity index (χ4v) is 2.57. The first-order valence-electron chi connectivity index (χ1n) is 3.91. The summed E-state index contributed by atoms with van der Waals surface area (Å²) in [5.41, 5.74) is 0. The van der Waals surface area contributed by atoms with E-state index in [4.69, 9.17) is 22.2 Å². The van der Waals surface area contributed by atoms with E-state index in [-0.39, 0.29) is 12.4 Å². The molecule has 0 bridgehead atoms. The molecule has 0 aliphatic carbocycles. The number of rotatable bonds is 4. The van der Waals surface area contributed by atoms with E-state index < -0.39 is 6.69 Å². The van der Waals surface area contributed by atoms with E-state index in [1.807, 2.05) is 17.3 Å². The predicted octanol–water partition coefficient (Wildman–Crippen LogP) is 3.24. The van der Waals surface area contributed by atoms with Crippen LogP contribution in [0.15, 0.2) is 18.7 Å². The molecule has 0 N–H and O–H groups in total. The van der Waals surface area contributed by atoms with Crippen molar-refractivity contribution in [2.75, 3.05) is 0 Å². The summed E-state index contributed by atoms with van der Waals surface area (Å²) in [6, 6.07) is 0.939. The van der Waals surface area contributed by atoms with E-state index >= 15 is 0 Å². The van der Waals surface area contributed by atoms with Crippen molar-refractivity contribution < 1.29 is 0 Å². The normalized spacial score (nSPS) is 11.0. The molecule has 0 unspecified atom stereocenters. The molecule has 0 aliphatic heterocycles. The molecule has 2 nitrogen and oxygen atoms in total. The largest absolute Gasteiger partial charge is 0.338 e. The zero-order chi connectivity index (χ0) is 9.03. The number of hydrogen-bond acceptors (Lipinski definition) is 1. The van der Waals surface area contributed by atoms with Gasteiger partial charge in [0, 0.05) is 18.9 Å². The van der Waals surface area contributed by atoms with Crippen molar-refractivity contribution in [3.8, 4) is 0 Å². The van der Waals surface area contributed by atoms with Crippen LogP contribution in [0.4, 0.5) is 0 Å². The maximum Gasteiger partial charge on any atom is 0.248 e. The van der Waals surface area contributed by atoms with Gasteiger partial charge in [-0.15, -0.1) is 34.6 Å². The van der Waals surface area contributed by atoms with Gasteiger partial charge in [-0.2, -0.15) is 0 Å². The quantitative estimate of drug-likeness (QED) is 0.600. The lowest BCUT2D eigenvalue weighted by Crippen LogP contribution is -2.12. The monoisotopic (exact) mass is 258 g/mol. The van der Waals surface area contributed by atoms with Crippen molar-refractivity contribution in [3.63, 3.8) is 0 Å². The van der Waals surface area contributed by atoms with Gasteiger partial charge in [0.1, 0.15) is 0 Å². The van der Waals surface area contributed by atoms with Gasteiger partial charge in [-0.05, 0) is 19.0 Å². The molecule has 76 valence electrons. The number of halogens is 3. The van der Waals surface area contributed by atoms with E-state index in [1.54, 1.807) is 12.5 Å². The second-order valence-electron chi connectivity index (χ2n) is 2.97. The highest BCUT2D eigenvalue weighted by atomic mass is 35.7. The average molecular weight is 260 g/mol. The van der Waals surface area contributed by atoms with E-state index in [9.17, 15) is 0 Å². The molecule has 0 saturated carbocycles. The third kappa shape index (κ3) is 6.38. The van der Waals surface area contributed by atoms with E-state index in [1.165, 1.54) is 0 Å². The molecule has 1 aromatic rings. The van der Waals surface area contributed by atoms with Crippen molar-refractivity contribution in [2.24, 2.45) is 0 Å². The number of imidazole rings is 1. The lowest BCUT2D eigenvalue weighted by molar-refractivity contribution is 0.675. The lowest BCUT2D eigenvalue weighted by atomic mass is 10.5. The molecule has 0 spiro atoms. The number of aromatic nitrogens is 2. The Morgan fingerprint density at radius 1 is 1.46 bits per heavy atom. The molecule has 0 atom stereocenters. The first-order valence-corrected chi connectivity index (χ1v) is 8.64. The van der Waals surface area contributed by atoms with Crippen molar-refractivity contribution in [3.05, 3.63) is 18.7 Å². The summed E-state index contributed by atoms with van der Waals surface area (Å²) in [6.45, 7) is 1.03. The lowest BCUT2D eigenvalue weighted by Gasteiger charge is -2.09. The zero-order valence-corrected chi connectivity index (χ0v) is 10.7. The van der Waals surface area contributed by atoms with Crippen LogP contribution in [-0.2, 0) is 6.54 Å². The summed E-state index contributed by atoms with van der Waals surface area (Å²) >= 11 is 11.9. The minimum Gasteiger partial charge on any atom is -0.338 e. The predicted molar refractivity (Wildman–Crippen MR) is 62.2 cm³/mol. The van der Waals surface area contributed by atoms with E-state index in [0.717, 1.165) is 19.0 Å². The Balaban J connectivity index is 0.00000144. The topological polar surface area (TPSA) is 17.8 Å². The Morgan fingerprint density at radius 3 is 2.62 bits per heavy atom. The molecule has 0 amide bonds. The van der Waals surface area contributed by atoms with Gasteiger partial charge in [-0.25, -0.2) is 4.98 Å². The summed E-state index contributed by atoms with van der Waals surface area (Å²) in [7, 11) is 0. The van der Waals surface area contributed by atoms with Crippen LogP contribution in [0.2, 0.25) is 12.6 Å². The van der Waals surface area contributed by atoms with Crippen LogP contribution in [-0.4, -0.2) is 16.2 Å². The Kier molecular flexibility index (Phi) is 6.04. The summed E-state index contributed by atoms with van der Waals surface area (Å²) in [6.07, 6.45) is 6.56. The molecule has 0 radical (unpaired) electrons. The molecule has 1 rings (SSSR count). The molecule has 13 heavy (non-hydrogen) atoms. The van der Waals surface area contributed by atoms with E-state index in [2.05, 4.69) is 4.98 Å². The Hall–Kier alpha value is 0.297. The van der Waals surface area contributed by atoms with Crippen molar-refractivity contribution >= 4 is 41.3 Å². The van der Waals surface area contributed by atoms with Crippen LogP contribution in [0.5, 0.6) is 0 Å². The second-order valence-corrected chi connectivity index (χ2v) is 11.2. The van der Waals surface area contributed by atoms with Crippen LogP contribution in [0.1, 0.15) is 6.42 Å². The van der Waals surface area contributed by atoms with Crippen LogP contribution in [0, 0.1) is 0 Å². The maximum atomic E-state index is 5.95. The Morgan fingerprint density at radius 2 is 2.15 bits per heavy atom. The molecule has 1 heterocycles. The Bertz CT molecular complexity index is 220. The third-order valence-corrected chi connectivity index (χ3v) is 3.96. The van der Waals surface area contributed by atoms with Gasteiger partial charge in [-0.3, -0.25) is 0 Å². The highest BCUT2D eigenvalue weighted by molar-refractivity contribution is 7.44. The summed E-state index contributed by atoms with van der Waals surface area (Å²) in [4.78, 5) is 3.95. The molecule has 0 fully saturated rings. The van der Waals surface area contributed by atoms with Gasteiger partial charge >= 0.3 is 0 Å². The molecule has 0 saturated heterocycles. The molecule has 1 aromatic heterocycles. The highest BCUT2D eigenvalue weighted by Gasteiger charge is 2.19. The smallest absolute Gasteiger partial charge is 0.248 e. The van der Waals surface area contributed by atoms with Gasteiger partial charge in [0.05, 0.1) is 6.33 Å². The highest BCUT2D eigenvalue weighted by Crippen LogP contribution is 2.21. The van der Waals surface area contributed by atoms with Crippen molar-refractivity contribution in [2.45, 2.75) is 25.6 Å². The zero-order valence-electron chi connectivity index (χ0n) is 7.41. The van der Waals surface area contributed by atoms with Gasteiger partial charge in [0.25, 0.3) is 0 Å². The molecule has 0 aliphatic rings. The first kappa shape index (κ1) is 13.3. The first-order chi connectivity index (χ1) is 5.58. The van der Waals surface area contributed by atoms with Gasteiger partial charge < -0.3 is 4.57 Å². The summed E-state index contributed by atoms with van der Waals surface area (Å²) in [5, 5.41) is 0. The Labute approximate surface area is 95.1 Å². The van der Waals surface area contributed by atoms with Crippen LogP contribution < -0.4 is 0 Å². The van der Waals surface area contributed by atoms with Crippen molar-refractivity contribution in [1.82, 2.24) is 9.55 Å². The molecular formula is C7H13Cl3N2Si. The fourth-order valence-electron chi connectivity index (χ4n) is 0.991. The van der Waals surface area contributed by atoms with E-state index in [0.29, 0.717) is 0 Å². The summed E-state index contributed by atoms with van der Waals surface area (Å²) in [5.74, 6) is 0. The van der Waals surface area contributed by atoms with Crippen LogP contribution in [0.3, 0.4) is 0 Å². The van der Waals surface area contributed by atoms with Gasteiger partial charge in [0.2, 0.25) is 6.69 Å². The molecule has 0 aromatic carbocycles. The second kappa shape index (κ2) is 5.91. The van der Waals surface area contributed by atoms with Crippen molar-refractivity contribution in [1.29, 1.82) is 0 Å². The average Bonchev–Trinajstić information content (AvgIpc) is 2.36. The minimum atomic E-state index is -1.88. The van der Waals surface area contributed by atoms with Gasteiger partial charge in [-0.1, -0.05) is 0 Å². The third-order valence-electron chi connectivity index (χ3n) is 1.59. The molecular weight excluding hydrogens is 247 g/mol. The number of aryl methyl sites for hydroxylation is 1.